The van der Waals surface area contributed by atoms with Gasteiger partial charge in [0.2, 0.25) is 5.91 Å². The van der Waals surface area contributed by atoms with Crippen LogP contribution < -0.4 is 11.1 Å². The maximum Gasteiger partial charge on any atom is 0.224 e. The molecule has 0 atom stereocenters. The largest absolute Gasteiger partial charge is 0.399 e. The van der Waals surface area contributed by atoms with Crippen molar-refractivity contribution in [2.45, 2.75) is 57.1 Å². The highest BCUT2D eigenvalue weighted by atomic mass is 32.2. The number of benzene rings is 1. The van der Waals surface area contributed by atoms with E-state index < -0.39 is 0 Å². The Kier molecular flexibility index (Phi) is 6.43. The predicted molar refractivity (Wildman–Crippen MR) is 92.8 cm³/mol. The summed E-state index contributed by atoms with van der Waals surface area (Å²) in [6, 6.07) is 5.58. The second-order valence-electron chi connectivity index (χ2n) is 5.86. The van der Waals surface area contributed by atoms with Gasteiger partial charge in [0.25, 0.3) is 0 Å². The Morgan fingerprint density at radius 1 is 1.33 bits per heavy atom. The van der Waals surface area contributed by atoms with Crippen LogP contribution in [0, 0.1) is 6.92 Å². The molecule has 3 nitrogen and oxygen atoms in total. The summed E-state index contributed by atoms with van der Waals surface area (Å²) in [6.07, 6.45) is 8.46. The van der Waals surface area contributed by atoms with E-state index in [1.165, 1.54) is 32.1 Å². The van der Waals surface area contributed by atoms with Gasteiger partial charge in [-0.1, -0.05) is 19.3 Å². The smallest absolute Gasteiger partial charge is 0.224 e. The van der Waals surface area contributed by atoms with Gasteiger partial charge < -0.3 is 11.1 Å². The minimum Gasteiger partial charge on any atom is -0.399 e. The zero-order valence-corrected chi connectivity index (χ0v) is 13.7. The fraction of sp³-hybridized carbons (Fsp3) is 0.588. The molecule has 0 heterocycles. The predicted octanol–water partition coefficient (Wildman–Crippen LogP) is 4.36. The fourth-order valence-electron chi connectivity index (χ4n) is 2.75. The highest BCUT2D eigenvalue weighted by Crippen LogP contribution is 2.28. The topological polar surface area (TPSA) is 55.1 Å². The lowest BCUT2D eigenvalue weighted by Gasteiger charge is -2.20. The molecule has 1 aromatic rings. The van der Waals surface area contributed by atoms with E-state index in [9.17, 15) is 4.79 Å². The van der Waals surface area contributed by atoms with E-state index in [4.69, 9.17) is 5.73 Å². The van der Waals surface area contributed by atoms with E-state index >= 15 is 0 Å². The van der Waals surface area contributed by atoms with Crippen LogP contribution in [0.2, 0.25) is 0 Å². The van der Waals surface area contributed by atoms with Crippen molar-refractivity contribution in [3.63, 3.8) is 0 Å². The summed E-state index contributed by atoms with van der Waals surface area (Å²) in [5.74, 6) is 1.20. The summed E-state index contributed by atoms with van der Waals surface area (Å²) in [4.78, 5) is 11.9. The maximum absolute atomic E-state index is 11.9. The van der Waals surface area contributed by atoms with Crippen molar-refractivity contribution in [2.24, 2.45) is 0 Å². The van der Waals surface area contributed by atoms with Gasteiger partial charge in [-0.15, -0.1) is 0 Å². The van der Waals surface area contributed by atoms with Crippen molar-refractivity contribution in [1.29, 1.82) is 0 Å². The van der Waals surface area contributed by atoms with Crippen LogP contribution in [0.1, 0.15) is 50.5 Å². The van der Waals surface area contributed by atoms with E-state index in [2.05, 4.69) is 17.1 Å². The van der Waals surface area contributed by atoms with Crippen molar-refractivity contribution in [1.82, 2.24) is 0 Å². The molecule has 0 unspecified atom stereocenters. The van der Waals surface area contributed by atoms with Crippen molar-refractivity contribution < 1.29 is 4.79 Å². The Labute approximate surface area is 132 Å². The molecule has 2 rings (SSSR count). The molecule has 1 aliphatic rings. The number of carbonyl (C=O) groups excluding carboxylic acids is 1. The van der Waals surface area contributed by atoms with Gasteiger partial charge in [-0.2, -0.15) is 11.8 Å². The van der Waals surface area contributed by atoms with Crippen LogP contribution in [-0.4, -0.2) is 16.9 Å². The molecule has 3 N–H and O–H groups in total. The molecule has 21 heavy (non-hydrogen) atoms. The molecule has 0 bridgehead atoms. The summed E-state index contributed by atoms with van der Waals surface area (Å²) in [5.41, 5.74) is 8.33. The number of amides is 1. The number of thioether (sulfide) groups is 1. The number of hydrogen-bond donors (Lipinski definition) is 2. The van der Waals surface area contributed by atoms with Gasteiger partial charge in [0.15, 0.2) is 0 Å². The molecule has 0 radical (unpaired) electrons. The SMILES string of the molecule is Cc1cc(N)ccc1NC(=O)CCCSC1CCCCC1. The fourth-order valence-corrected chi connectivity index (χ4v) is 4.07. The van der Waals surface area contributed by atoms with E-state index in [-0.39, 0.29) is 5.91 Å². The zero-order chi connectivity index (χ0) is 15.1. The molecular formula is C17H26N2OS. The molecule has 1 saturated carbocycles. The van der Waals surface area contributed by atoms with Gasteiger partial charge in [-0.25, -0.2) is 0 Å². The number of nitrogens with two attached hydrogens (primary N) is 1. The Hall–Kier alpha value is -1.16. The Morgan fingerprint density at radius 2 is 2.10 bits per heavy atom. The van der Waals surface area contributed by atoms with Crippen molar-refractivity contribution in [3.05, 3.63) is 23.8 Å². The molecule has 0 saturated heterocycles. The second-order valence-corrected chi connectivity index (χ2v) is 7.27. The zero-order valence-electron chi connectivity index (χ0n) is 12.9. The molecule has 1 aromatic carbocycles. The summed E-state index contributed by atoms with van der Waals surface area (Å²) < 4.78 is 0. The number of anilines is 2. The van der Waals surface area contributed by atoms with Crippen molar-refractivity contribution >= 4 is 29.0 Å². The average molecular weight is 306 g/mol. The standard InChI is InChI=1S/C17H26N2OS/c1-13-12-14(18)9-10-16(13)19-17(20)8-5-11-21-15-6-3-2-4-7-15/h9-10,12,15H,2-8,11,18H2,1H3,(H,19,20). The molecule has 0 spiro atoms. The first-order valence-corrected chi connectivity index (χ1v) is 8.97. The van der Waals surface area contributed by atoms with Gasteiger partial charge in [-0.05, 0) is 55.7 Å². The molecule has 1 amide bonds. The first kappa shape index (κ1) is 16.2. The molecular weight excluding hydrogens is 280 g/mol. The second kappa shape index (κ2) is 8.32. The molecule has 0 aromatic heterocycles. The number of hydrogen-bond acceptors (Lipinski definition) is 3. The summed E-state index contributed by atoms with van der Waals surface area (Å²) in [5, 5.41) is 3.81. The van der Waals surface area contributed by atoms with Crippen LogP contribution in [-0.2, 0) is 4.79 Å². The lowest BCUT2D eigenvalue weighted by atomic mass is 10.0. The van der Waals surface area contributed by atoms with Crippen LogP contribution in [0.25, 0.3) is 0 Å². The normalized spacial score (nSPS) is 15.9. The van der Waals surface area contributed by atoms with Crippen LogP contribution in [0.5, 0.6) is 0 Å². The van der Waals surface area contributed by atoms with Gasteiger partial charge in [0.05, 0.1) is 0 Å². The molecule has 4 heteroatoms. The van der Waals surface area contributed by atoms with Gasteiger partial charge >= 0.3 is 0 Å². The van der Waals surface area contributed by atoms with Crippen LogP contribution in [0.3, 0.4) is 0 Å². The molecule has 1 aliphatic carbocycles. The number of rotatable bonds is 6. The van der Waals surface area contributed by atoms with E-state index in [0.717, 1.165) is 34.4 Å². The van der Waals surface area contributed by atoms with Crippen LogP contribution in [0.4, 0.5) is 11.4 Å². The summed E-state index contributed by atoms with van der Waals surface area (Å²) >= 11 is 2.05. The van der Waals surface area contributed by atoms with Gasteiger partial charge in [-0.3, -0.25) is 4.79 Å². The summed E-state index contributed by atoms with van der Waals surface area (Å²) in [7, 11) is 0. The Balaban J connectivity index is 1.65. The number of nitrogen functional groups attached to an aromatic ring is 1. The van der Waals surface area contributed by atoms with Gasteiger partial charge in [0.1, 0.15) is 0 Å². The lowest BCUT2D eigenvalue weighted by molar-refractivity contribution is -0.116. The minimum absolute atomic E-state index is 0.104. The third-order valence-electron chi connectivity index (χ3n) is 3.98. The number of nitrogens with one attached hydrogen (secondary N) is 1. The molecule has 0 aliphatic heterocycles. The quantitative estimate of drug-likeness (QED) is 0.606. The number of carbonyl (C=O) groups is 1. The van der Waals surface area contributed by atoms with Crippen molar-refractivity contribution in [3.8, 4) is 0 Å². The highest BCUT2D eigenvalue weighted by molar-refractivity contribution is 7.99. The van der Waals surface area contributed by atoms with E-state index in [1.54, 1.807) is 0 Å². The first-order valence-electron chi connectivity index (χ1n) is 7.93. The maximum atomic E-state index is 11.9. The van der Waals surface area contributed by atoms with Gasteiger partial charge in [0, 0.05) is 23.0 Å². The highest BCUT2D eigenvalue weighted by Gasteiger charge is 2.13. The van der Waals surface area contributed by atoms with E-state index in [0.29, 0.717) is 6.42 Å². The first-order chi connectivity index (χ1) is 10.1. The minimum atomic E-state index is 0.104. The van der Waals surface area contributed by atoms with Crippen molar-refractivity contribution in [2.75, 3.05) is 16.8 Å². The Bertz CT molecular complexity index is 470. The molecule has 1 fully saturated rings. The Morgan fingerprint density at radius 3 is 2.81 bits per heavy atom. The lowest BCUT2D eigenvalue weighted by Crippen LogP contribution is -2.13. The third kappa shape index (κ3) is 5.62. The third-order valence-corrected chi connectivity index (χ3v) is 5.45. The average Bonchev–Trinajstić information content (AvgIpc) is 2.48. The van der Waals surface area contributed by atoms with Crippen LogP contribution in [0.15, 0.2) is 18.2 Å². The number of aryl methyl sites for hydroxylation is 1. The summed E-state index contributed by atoms with van der Waals surface area (Å²) in [6.45, 7) is 1.96. The monoisotopic (exact) mass is 306 g/mol. The van der Waals surface area contributed by atoms with E-state index in [1.807, 2.05) is 25.1 Å². The van der Waals surface area contributed by atoms with Crippen LogP contribution >= 0.6 is 11.8 Å². The molecule has 116 valence electrons.